The predicted molar refractivity (Wildman–Crippen MR) is 90.0 cm³/mol. The molecule has 0 atom stereocenters. The van der Waals surface area contributed by atoms with E-state index in [4.69, 9.17) is 9.57 Å². The third-order valence-corrected chi connectivity index (χ3v) is 3.45. The van der Waals surface area contributed by atoms with E-state index in [1.165, 1.54) is 5.56 Å². The molecule has 0 amide bonds. The van der Waals surface area contributed by atoms with Gasteiger partial charge in [-0.1, -0.05) is 56.3 Å². The second kappa shape index (κ2) is 9.08. The molecule has 4 heteroatoms. The average molecular weight is 313 g/mol. The molecule has 0 bridgehead atoms. The van der Waals surface area contributed by atoms with Crippen LogP contribution >= 0.6 is 0 Å². The second-order valence-corrected chi connectivity index (χ2v) is 5.54. The summed E-state index contributed by atoms with van der Waals surface area (Å²) in [6.45, 7) is 5.52. The Bertz CT molecular complexity index is 611. The SMILES string of the molecule is CC(C)c1ccccc1CONCCOC(=O)c1ccccc1. The average Bonchev–Trinajstić information content (AvgIpc) is 2.58. The van der Waals surface area contributed by atoms with Crippen molar-refractivity contribution in [1.82, 2.24) is 5.48 Å². The van der Waals surface area contributed by atoms with Crippen LogP contribution in [0, 0.1) is 0 Å². The van der Waals surface area contributed by atoms with Crippen LogP contribution in [0.25, 0.3) is 0 Å². The number of esters is 1. The molecule has 0 fully saturated rings. The first-order chi connectivity index (χ1) is 11.2. The van der Waals surface area contributed by atoms with Crippen LogP contribution < -0.4 is 5.48 Å². The van der Waals surface area contributed by atoms with Crippen molar-refractivity contribution in [2.75, 3.05) is 13.2 Å². The third-order valence-electron chi connectivity index (χ3n) is 3.45. The molecule has 0 aromatic heterocycles. The monoisotopic (exact) mass is 313 g/mol. The van der Waals surface area contributed by atoms with E-state index in [2.05, 4.69) is 31.5 Å². The summed E-state index contributed by atoms with van der Waals surface area (Å²) in [6.07, 6.45) is 0. The summed E-state index contributed by atoms with van der Waals surface area (Å²) in [5.74, 6) is 0.138. The van der Waals surface area contributed by atoms with Gasteiger partial charge >= 0.3 is 5.97 Å². The maximum Gasteiger partial charge on any atom is 0.338 e. The normalized spacial score (nSPS) is 10.7. The van der Waals surface area contributed by atoms with Gasteiger partial charge in [-0.25, -0.2) is 4.79 Å². The molecule has 2 rings (SSSR count). The molecular weight excluding hydrogens is 290 g/mol. The van der Waals surface area contributed by atoms with Crippen molar-refractivity contribution in [2.45, 2.75) is 26.4 Å². The van der Waals surface area contributed by atoms with Crippen molar-refractivity contribution < 1.29 is 14.4 Å². The highest BCUT2D eigenvalue weighted by atomic mass is 16.6. The lowest BCUT2D eigenvalue weighted by molar-refractivity contribution is 0.0102. The highest BCUT2D eigenvalue weighted by molar-refractivity contribution is 5.89. The molecule has 0 aliphatic carbocycles. The minimum Gasteiger partial charge on any atom is -0.461 e. The molecule has 23 heavy (non-hydrogen) atoms. The highest BCUT2D eigenvalue weighted by Crippen LogP contribution is 2.19. The van der Waals surface area contributed by atoms with Crippen LogP contribution in [0.15, 0.2) is 54.6 Å². The molecule has 4 nitrogen and oxygen atoms in total. The lowest BCUT2D eigenvalue weighted by Gasteiger charge is -2.13. The zero-order chi connectivity index (χ0) is 16.5. The molecule has 0 aliphatic heterocycles. The fourth-order valence-corrected chi connectivity index (χ4v) is 2.27. The van der Waals surface area contributed by atoms with Gasteiger partial charge in [0.1, 0.15) is 6.61 Å². The topological polar surface area (TPSA) is 47.6 Å². The van der Waals surface area contributed by atoms with E-state index in [1.54, 1.807) is 12.1 Å². The van der Waals surface area contributed by atoms with Gasteiger partial charge in [0.05, 0.1) is 18.7 Å². The van der Waals surface area contributed by atoms with Crippen molar-refractivity contribution in [2.24, 2.45) is 0 Å². The van der Waals surface area contributed by atoms with Gasteiger partial charge in [0.25, 0.3) is 0 Å². The molecule has 0 aliphatic rings. The minimum absolute atomic E-state index is 0.263. The summed E-state index contributed by atoms with van der Waals surface area (Å²) >= 11 is 0. The smallest absolute Gasteiger partial charge is 0.338 e. The standard InChI is InChI=1S/C19H23NO3/c1-15(2)18-11-7-6-10-17(18)14-23-20-12-13-22-19(21)16-8-4-3-5-9-16/h3-11,15,20H,12-14H2,1-2H3. The molecule has 0 radical (unpaired) electrons. The fourth-order valence-electron chi connectivity index (χ4n) is 2.27. The van der Waals surface area contributed by atoms with Crippen molar-refractivity contribution in [3.8, 4) is 0 Å². The maximum atomic E-state index is 11.7. The zero-order valence-electron chi connectivity index (χ0n) is 13.6. The van der Waals surface area contributed by atoms with Crippen LogP contribution in [-0.4, -0.2) is 19.1 Å². The number of hydrogen-bond acceptors (Lipinski definition) is 4. The number of hydrogen-bond donors (Lipinski definition) is 1. The fraction of sp³-hybridized carbons (Fsp3) is 0.316. The van der Waals surface area contributed by atoms with Crippen LogP contribution in [0.5, 0.6) is 0 Å². The van der Waals surface area contributed by atoms with Crippen LogP contribution in [0.3, 0.4) is 0 Å². The molecule has 0 saturated heterocycles. The van der Waals surface area contributed by atoms with Crippen molar-refractivity contribution in [3.05, 3.63) is 71.3 Å². The van der Waals surface area contributed by atoms with E-state index in [9.17, 15) is 4.79 Å². The summed E-state index contributed by atoms with van der Waals surface area (Å²) in [5.41, 5.74) is 5.83. The number of nitrogens with one attached hydrogen (secondary N) is 1. The summed E-state index contributed by atoms with van der Waals surface area (Å²) in [4.78, 5) is 17.2. The Morgan fingerprint density at radius 2 is 1.74 bits per heavy atom. The van der Waals surface area contributed by atoms with E-state index in [0.29, 0.717) is 24.6 Å². The van der Waals surface area contributed by atoms with Crippen LogP contribution in [0.2, 0.25) is 0 Å². The van der Waals surface area contributed by atoms with E-state index in [-0.39, 0.29) is 12.6 Å². The van der Waals surface area contributed by atoms with Crippen molar-refractivity contribution in [3.63, 3.8) is 0 Å². The van der Waals surface area contributed by atoms with Gasteiger partial charge in [0.15, 0.2) is 0 Å². The number of ether oxygens (including phenoxy) is 1. The lowest BCUT2D eigenvalue weighted by atomic mass is 9.98. The Hall–Kier alpha value is -2.17. The third kappa shape index (κ3) is 5.51. The minimum atomic E-state index is -0.322. The molecule has 2 aromatic rings. The first-order valence-electron chi connectivity index (χ1n) is 7.83. The van der Waals surface area contributed by atoms with E-state index in [0.717, 1.165) is 5.56 Å². The highest BCUT2D eigenvalue weighted by Gasteiger charge is 2.06. The zero-order valence-corrected chi connectivity index (χ0v) is 13.6. The Labute approximate surface area is 137 Å². The van der Waals surface area contributed by atoms with Crippen LogP contribution in [-0.2, 0) is 16.2 Å². The first-order valence-corrected chi connectivity index (χ1v) is 7.83. The van der Waals surface area contributed by atoms with Crippen LogP contribution in [0.1, 0.15) is 41.3 Å². The largest absolute Gasteiger partial charge is 0.461 e. The van der Waals surface area contributed by atoms with Crippen LogP contribution in [0.4, 0.5) is 0 Å². The number of hydroxylamine groups is 1. The van der Waals surface area contributed by atoms with E-state index in [1.807, 2.05) is 30.3 Å². The van der Waals surface area contributed by atoms with Crippen molar-refractivity contribution in [1.29, 1.82) is 0 Å². The first kappa shape index (κ1) is 17.2. The molecule has 0 heterocycles. The molecule has 0 spiro atoms. The van der Waals surface area contributed by atoms with Gasteiger partial charge in [0.2, 0.25) is 0 Å². The Morgan fingerprint density at radius 1 is 1.04 bits per heavy atom. The molecule has 122 valence electrons. The van der Waals surface area contributed by atoms with Gasteiger partial charge < -0.3 is 4.74 Å². The maximum absolute atomic E-state index is 11.7. The van der Waals surface area contributed by atoms with Gasteiger partial charge in [-0.15, -0.1) is 0 Å². The number of carbonyl (C=O) groups is 1. The van der Waals surface area contributed by atoms with E-state index < -0.39 is 0 Å². The van der Waals surface area contributed by atoms with Gasteiger partial charge in [-0.05, 0) is 29.2 Å². The van der Waals surface area contributed by atoms with Gasteiger partial charge in [0, 0.05) is 0 Å². The van der Waals surface area contributed by atoms with Crippen molar-refractivity contribution >= 4 is 5.97 Å². The molecule has 1 N–H and O–H groups in total. The molecule has 0 unspecified atom stereocenters. The lowest BCUT2D eigenvalue weighted by Crippen LogP contribution is -2.22. The summed E-state index contributed by atoms with van der Waals surface area (Å²) in [5, 5.41) is 0. The van der Waals surface area contributed by atoms with Gasteiger partial charge in [-0.3, -0.25) is 4.84 Å². The summed E-state index contributed by atoms with van der Waals surface area (Å²) < 4.78 is 5.16. The number of rotatable bonds is 8. The summed E-state index contributed by atoms with van der Waals surface area (Å²) in [7, 11) is 0. The Balaban J connectivity index is 1.66. The number of benzene rings is 2. The second-order valence-electron chi connectivity index (χ2n) is 5.54. The Morgan fingerprint density at radius 3 is 2.48 bits per heavy atom. The summed E-state index contributed by atoms with van der Waals surface area (Å²) in [6, 6.07) is 17.2. The number of carbonyl (C=O) groups excluding carboxylic acids is 1. The Kier molecular flexibility index (Phi) is 6.78. The molecular formula is C19H23NO3. The quantitative estimate of drug-likeness (QED) is 0.459. The molecule has 0 saturated carbocycles. The predicted octanol–water partition coefficient (Wildman–Crippen LogP) is 3.69. The molecule has 2 aromatic carbocycles. The van der Waals surface area contributed by atoms with E-state index >= 15 is 0 Å². The van der Waals surface area contributed by atoms with Gasteiger partial charge in [-0.2, -0.15) is 5.48 Å².